The van der Waals surface area contributed by atoms with Crippen molar-refractivity contribution in [3.8, 4) is 0 Å². The predicted molar refractivity (Wildman–Crippen MR) is 63.7 cm³/mol. The fourth-order valence-electron chi connectivity index (χ4n) is 2.04. The molecule has 0 aliphatic carbocycles. The highest BCUT2D eigenvalue weighted by molar-refractivity contribution is 5.53. The molecule has 1 saturated heterocycles. The monoisotopic (exact) mass is 237 g/mol. The van der Waals surface area contributed by atoms with E-state index >= 15 is 0 Å². The smallest absolute Gasteiger partial charge is 0.329 e. The highest BCUT2D eigenvalue weighted by atomic mass is 16.6. The highest BCUT2D eigenvalue weighted by Gasteiger charge is 2.21. The quantitative estimate of drug-likeness (QED) is 0.613. The summed E-state index contributed by atoms with van der Waals surface area (Å²) >= 11 is 0. The molecule has 0 aromatic carbocycles. The van der Waals surface area contributed by atoms with Crippen molar-refractivity contribution in [3.05, 3.63) is 16.3 Å². The van der Waals surface area contributed by atoms with Crippen LogP contribution >= 0.6 is 0 Å². The van der Waals surface area contributed by atoms with Gasteiger partial charge in [0.2, 0.25) is 11.8 Å². The van der Waals surface area contributed by atoms with Gasteiger partial charge in [-0.05, 0) is 18.8 Å². The summed E-state index contributed by atoms with van der Waals surface area (Å²) in [6.07, 6.45) is 3.46. The van der Waals surface area contributed by atoms with E-state index in [2.05, 4.69) is 16.9 Å². The molecule has 2 N–H and O–H groups in total. The maximum Gasteiger partial charge on any atom is 0.329 e. The fraction of sp³-hybridized carbons (Fsp3) is 0.600. The second kappa shape index (κ2) is 4.52. The Morgan fingerprint density at radius 3 is 3.00 bits per heavy atom. The van der Waals surface area contributed by atoms with Crippen molar-refractivity contribution in [3.63, 3.8) is 0 Å². The fourth-order valence-corrected chi connectivity index (χ4v) is 2.04. The summed E-state index contributed by atoms with van der Waals surface area (Å²) in [5, 5.41) is 10.6. The Morgan fingerprint density at radius 2 is 2.41 bits per heavy atom. The number of piperidine rings is 1. The first kappa shape index (κ1) is 11.6. The molecule has 0 unspecified atom stereocenters. The lowest BCUT2D eigenvalue weighted by atomic mass is 10.0. The first-order chi connectivity index (χ1) is 8.08. The van der Waals surface area contributed by atoms with Gasteiger partial charge in [-0.15, -0.1) is 0 Å². The zero-order valence-electron chi connectivity index (χ0n) is 9.67. The molecule has 1 aliphatic heterocycles. The number of nitrogen functional groups attached to an aromatic ring is 1. The zero-order valence-corrected chi connectivity index (χ0v) is 9.67. The van der Waals surface area contributed by atoms with Gasteiger partial charge in [0, 0.05) is 13.1 Å². The lowest BCUT2D eigenvalue weighted by molar-refractivity contribution is -0.384. The maximum absolute atomic E-state index is 10.6. The van der Waals surface area contributed by atoms with Gasteiger partial charge in [0.25, 0.3) is 0 Å². The van der Waals surface area contributed by atoms with Crippen LogP contribution < -0.4 is 10.6 Å². The van der Waals surface area contributed by atoms with Crippen LogP contribution in [0.2, 0.25) is 0 Å². The van der Waals surface area contributed by atoms with Crippen molar-refractivity contribution in [2.75, 3.05) is 23.7 Å². The van der Waals surface area contributed by atoms with Crippen molar-refractivity contribution in [2.45, 2.75) is 19.8 Å². The van der Waals surface area contributed by atoms with Gasteiger partial charge in [-0.3, -0.25) is 10.1 Å². The van der Waals surface area contributed by atoms with E-state index in [1.807, 2.05) is 4.90 Å². The summed E-state index contributed by atoms with van der Waals surface area (Å²) in [6.45, 7) is 3.92. The SMILES string of the molecule is C[C@@H]1CCCN(c2ncc([N+](=O)[O-])c(N)n2)C1. The van der Waals surface area contributed by atoms with Crippen molar-refractivity contribution < 1.29 is 4.92 Å². The van der Waals surface area contributed by atoms with Crippen molar-refractivity contribution in [1.29, 1.82) is 0 Å². The molecule has 1 aromatic heterocycles. The van der Waals surface area contributed by atoms with Crippen LogP contribution in [-0.4, -0.2) is 28.0 Å². The Hall–Kier alpha value is -1.92. The minimum Gasteiger partial charge on any atom is -0.378 e. The van der Waals surface area contributed by atoms with Crippen LogP contribution in [0.3, 0.4) is 0 Å². The number of aromatic nitrogens is 2. The normalized spacial score (nSPS) is 20.3. The van der Waals surface area contributed by atoms with Crippen LogP contribution in [0.25, 0.3) is 0 Å². The third-order valence-electron chi connectivity index (χ3n) is 2.92. The van der Waals surface area contributed by atoms with Gasteiger partial charge < -0.3 is 10.6 Å². The van der Waals surface area contributed by atoms with E-state index in [9.17, 15) is 10.1 Å². The van der Waals surface area contributed by atoms with Crippen molar-refractivity contribution >= 4 is 17.5 Å². The summed E-state index contributed by atoms with van der Waals surface area (Å²) in [7, 11) is 0. The molecule has 0 radical (unpaired) electrons. The number of nitrogens with two attached hydrogens (primary N) is 1. The largest absolute Gasteiger partial charge is 0.378 e. The van der Waals surface area contributed by atoms with Gasteiger partial charge in [-0.1, -0.05) is 6.92 Å². The Morgan fingerprint density at radius 1 is 1.65 bits per heavy atom. The molecule has 1 aromatic rings. The van der Waals surface area contributed by atoms with Gasteiger partial charge in [0.15, 0.2) is 0 Å². The summed E-state index contributed by atoms with van der Waals surface area (Å²) in [5.74, 6) is 1.00. The Bertz CT molecular complexity index is 437. The molecule has 1 atom stereocenters. The molecule has 1 aliphatic rings. The molecule has 7 heteroatoms. The van der Waals surface area contributed by atoms with E-state index in [0.717, 1.165) is 19.5 Å². The van der Waals surface area contributed by atoms with E-state index in [-0.39, 0.29) is 11.5 Å². The number of rotatable bonds is 2. The Balaban J connectivity index is 2.22. The van der Waals surface area contributed by atoms with Gasteiger partial charge in [-0.2, -0.15) is 4.98 Å². The second-order valence-corrected chi connectivity index (χ2v) is 4.39. The third-order valence-corrected chi connectivity index (χ3v) is 2.92. The van der Waals surface area contributed by atoms with Crippen LogP contribution in [0.5, 0.6) is 0 Å². The van der Waals surface area contributed by atoms with Crippen molar-refractivity contribution in [1.82, 2.24) is 9.97 Å². The van der Waals surface area contributed by atoms with Gasteiger partial charge in [0.1, 0.15) is 6.20 Å². The molecule has 1 fully saturated rings. The van der Waals surface area contributed by atoms with Gasteiger partial charge in [-0.25, -0.2) is 4.98 Å². The van der Waals surface area contributed by atoms with Gasteiger partial charge >= 0.3 is 5.69 Å². The summed E-state index contributed by atoms with van der Waals surface area (Å²) in [6, 6.07) is 0. The first-order valence-electron chi connectivity index (χ1n) is 5.60. The molecule has 92 valence electrons. The van der Waals surface area contributed by atoms with E-state index < -0.39 is 4.92 Å². The summed E-state index contributed by atoms with van der Waals surface area (Å²) < 4.78 is 0. The van der Waals surface area contributed by atoms with Crippen molar-refractivity contribution in [2.24, 2.45) is 5.92 Å². The minimum absolute atomic E-state index is 0.0711. The predicted octanol–water partition coefficient (Wildman–Crippen LogP) is 1.20. The number of anilines is 2. The molecule has 0 amide bonds. The van der Waals surface area contributed by atoms with E-state index in [1.165, 1.54) is 12.6 Å². The number of nitrogens with zero attached hydrogens (tertiary/aromatic N) is 4. The van der Waals surface area contributed by atoms with E-state index in [0.29, 0.717) is 11.9 Å². The standard InChI is InChI=1S/C10H15N5O2/c1-7-3-2-4-14(6-7)10-12-5-8(15(16)17)9(11)13-10/h5,7H,2-4,6H2,1H3,(H2,11,12,13)/t7-/m1/s1. The molecule has 2 rings (SSSR count). The molecule has 0 saturated carbocycles. The molecular weight excluding hydrogens is 222 g/mol. The molecular formula is C10H15N5O2. The van der Waals surface area contributed by atoms with E-state index in [1.54, 1.807) is 0 Å². The van der Waals surface area contributed by atoms with Crippen LogP contribution in [0, 0.1) is 16.0 Å². The average Bonchev–Trinajstić information content (AvgIpc) is 2.28. The summed E-state index contributed by atoms with van der Waals surface area (Å²) in [5.41, 5.74) is 5.31. The highest BCUT2D eigenvalue weighted by Crippen LogP contribution is 2.23. The molecule has 0 bridgehead atoms. The maximum atomic E-state index is 10.6. The Kier molecular flexibility index (Phi) is 3.08. The third kappa shape index (κ3) is 2.43. The first-order valence-corrected chi connectivity index (χ1v) is 5.60. The van der Waals surface area contributed by atoms with Crippen LogP contribution in [0.1, 0.15) is 19.8 Å². The number of hydrogen-bond donors (Lipinski definition) is 1. The minimum atomic E-state index is -0.571. The van der Waals surface area contributed by atoms with Gasteiger partial charge in [0.05, 0.1) is 4.92 Å². The summed E-state index contributed by atoms with van der Waals surface area (Å²) in [4.78, 5) is 20.1. The lowest BCUT2D eigenvalue weighted by Gasteiger charge is -2.30. The number of nitro groups is 1. The average molecular weight is 237 g/mol. The topological polar surface area (TPSA) is 98.2 Å². The molecule has 17 heavy (non-hydrogen) atoms. The molecule has 2 heterocycles. The lowest BCUT2D eigenvalue weighted by Crippen LogP contribution is -2.35. The Labute approximate surface area is 98.8 Å². The second-order valence-electron chi connectivity index (χ2n) is 4.39. The number of hydrogen-bond acceptors (Lipinski definition) is 6. The molecule has 0 spiro atoms. The van der Waals surface area contributed by atoms with E-state index in [4.69, 9.17) is 5.73 Å². The molecule has 7 nitrogen and oxygen atoms in total. The van der Waals surface area contributed by atoms with Crippen LogP contribution in [0.15, 0.2) is 6.20 Å². The zero-order chi connectivity index (χ0) is 12.4. The van der Waals surface area contributed by atoms with Crippen LogP contribution in [0.4, 0.5) is 17.5 Å². The van der Waals surface area contributed by atoms with Crippen LogP contribution in [-0.2, 0) is 0 Å².